The summed E-state index contributed by atoms with van der Waals surface area (Å²) in [5.74, 6) is 0. The lowest BCUT2D eigenvalue weighted by atomic mass is 9.93. The Morgan fingerprint density at radius 3 is 2.95 bits per heavy atom. The van der Waals surface area contributed by atoms with Gasteiger partial charge < -0.3 is 10.1 Å². The van der Waals surface area contributed by atoms with E-state index in [0.717, 1.165) is 6.54 Å². The van der Waals surface area contributed by atoms with Crippen molar-refractivity contribution >= 4 is 27.3 Å². The fraction of sp³-hybridized carbons (Fsp3) is 0.412. The predicted octanol–water partition coefficient (Wildman–Crippen LogP) is 4.82. The van der Waals surface area contributed by atoms with E-state index in [1.54, 1.807) is 7.11 Å². The highest BCUT2D eigenvalue weighted by atomic mass is 79.9. The van der Waals surface area contributed by atoms with Crippen LogP contribution in [0.1, 0.15) is 40.5 Å². The highest BCUT2D eigenvalue weighted by Gasteiger charge is 2.22. The number of aryl methyl sites for hydroxylation is 1. The molecule has 3 rings (SSSR count). The van der Waals surface area contributed by atoms with Crippen molar-refractivity contribution in [2.75, 3.05) is 7.11 Å². The standard InChI is InChI=1S/C17H20BrNOS/c1-20-11-13-6-3-2-5-12(13)10-19-15-7-4-8-16-14(15)9-17(18)21-16/h2-3,5-6,9,15,19H,4,7-8,10-11H2,1H3. The SMILES string of the molecule is COCc1ccccc1CNC1CCCc2sc(Br)cc21. The van der Waals surface area contributed by atoms with E-state index in [0.29, 0.717) is 12.6 Å². The van der Waals surface area contributed by atoms with Crippen molar-refractivity contribution in [2.24, 2.45) is 0 Å². The Morgan fingerprint density at radius 2 is 2.14 bits per heavy atom. The summed E-state index contributed by atoms with van der Waals surface area (Å²) in [7, 11) is 1.75. The number of hydrogen-bond acceptors (Lipinski definition) is 3. The molecule has 0 amide bonds. The van der Waals surface area contributed by atoms with Crippen LogP contribution in [0.5, 0.6) is 0 Å². The van der Waals surface area contributed by atoms with Crippen LogP contribution in [0.2, 0.25) is 0 Å². The summed E-state index contributed by atoms with van der Waals surface area (Å²) in [4.78, 5) is 1.54. The second-order valence-electron chi connectivity index (χ2n) is 5.46. The van der Waals surface area contributed by atoms with E-state index in [9.17, 15) is 0 Å². The molecule has 1 aromatic carbocycles. The average Bonchev–Trinajstić information content (AvgIpc) is 2.87. The van der Waals surface area contributed by atoms with Gasteiger partial charge in [0.15, 0.2) is 0 Å². The van der Waals surface area contributed by atoms with E-state index >= 15 is 0 Å². The van der Waals surface area contributed by atoms with E-state index in [2.05, 4.69) is 51.6 Å². The number of halogens is 1. The van der Waals surface area contributed by atoms with Crippen LogP contribution in [-0.4, -0.2) is 7.11 Å². The number of thiophene rings is 1. The van der Waals surface area contributed by atoms with Gasteiger partial charge in [-0.15, -0.1) is 11.3 Å². The van der Waals surface area contributed by atoms with Gasteiger partial charge in [-0.05, 0) is 57.9 Å². The summed E-state index contributed by atoms with van der Waals surface area (Å²) in [5, 5.41) is 3.74. The Bertz CT molecular complexity index is 611. The first-order valence-electron chi connectivity index (χ1n) is 7.35. The number of rotatable bonds is 5. The third kappa shape index (κ3) is 3.57. The van der Waals surface area contributed by atoms with Crippen molar-refractivity contribution in [1.82, 2.24) is 5.32 Å². The molecule has 0 bridgehead atoms. The zero-order valence-electron chi connectivity index (χ0n) is 12.2. The van der Waals surface area contributed by atoms with Crippen molar-refractivity contribution in [3.8, 4) is 0 Å². The number of nitrogens with one attached hydrogen (secondary N) is 1. The molecule has 2 nitrogen and oxygen atoms in total. The van der Waals surface area contributed by atoms with Gasteiger partial charge in [-0.25, -0.2) is 0 Å². The van der Waals surface area contributed by atoms with Gasteiger partial charge in [-0.1, -0.05) is 24.3 Å². The summed E-state index contributed by atoms with van der Waals surface area (Å²) in [6, 6.07) is 11.3. The van der Waals surface area contributed by atoms with Crippen molar-refractivity contribution in [2.45, 2.75) is 38.5 Å². The molecular weight excluding hydrogens is 346 g/mol. The minimum absolute atomic E-state index is 0.479. The monoisotopic (exact) mass is 365 g/mol. The second kappa shape index (κ2) is 7.05. The quantitative estimate of drug-likeness (QED) is 0.819. The minimum atomic E-state index is 0.479. The molecule has 1 unspecified atom stereocenters. The zero-order valence-corrected chi connectivity index (χ0v) is 14.6. The van der Waals surface area contributed by atoms with Gasteiger partial charge >= 0.3 is 0 Å². The van der Waals surface area contributed by atoms with Crippen LogP contribution in [0.25, 0.3) is 0 Å². The van der Waals surface area contributed by atoms with Gasteiger partial charge in [0.25, 0.3) is 0 Å². The molecule has 1 aromatic heterocycles. The molecule has 1 N–H and O–H groups in total. The summed E-state index contributed by atoms with van der Waals surface area (Å²) in [6.07, 6.45) is 3.73. The molecule has 1 atom stereocenters. The lowest BCUT2D eigenvalue weighted by Crippen LogP contribution is -2.24. The molecule has 0 radical (unpaired) electrons. The van der Waals surface area contributed by atoms with E-state index in [1.807, 2.05) is 11.3 Å². The van der Waals surface area contributed by atoms with E-state index in [1.165, 1.54) is 44.6 Å². The number of methoxy groups -OCH3 is 1. The number of fused-ring (bicyclic) bond motifs is 1. The van der Waals surface area contributed by atoms with Gasteiger partial charge in [0.1, 0.15) is 0 Å². The Morgan fingerprint density at radius 1 is 1.33 bits per heavy atom. The minimum Gasteiger partial charge on any atom is -0.380 e. The zero-order chi connectivity index (χ0) is 14.7. The predicted molar refractivity (Wildman–Crippen MR) is 91.7 cm³/mol. The Hall–Kier alpha value is -0.680. The average molecular weight is 366 g/mol. The Labute approximate surface area is 138 Å². The van der Waals surface area contributed by atoms with Crippen LogP contribution >= 0.6 is 27.3 Å². The Kier molecular flexibility index (Phi) is 5.11. The Balaban J connectivity index is 1.71. The summed E-state index contributed by atoms with van der Waals surface area (Å²) in [5.41, 5.74) is 4.10. The largest absolute Gasteiger partial charge is 0.380 e. The van der Waals surface area contributed by atoms with Gasteiger partial charge in [-0.3, -0.25) is 0 Å². The molecule has 112 valence electrons. The molecule has 0 aliphatic heterocycles. The van der Waals surface area contributed by atoms with Crippen LogP contribution < -0.4 is 5.32 Å². The van der Waals surface area contributed by atoms with Crippen LogP contribution in [-0.2, 0) is 24.3 Å². The lowest BCUT2D eigenvalue weighted by Gasteiger charge is -2.24. The van der Waals surface area contributed by atoms with Gasteiger partial charge in [0.05, 0.1) is 10.4 Å². The summed E-state index contributed by atoms with van der Waals surface area (Å²) < 4.78 is 6.54. The lowest BCUT2D eigenvalue weighted by molar-refractivity contribution is 0.184. The van der Waals surface area contributed by atoms with Crippen molar-refractivity contribution in [3.63, 3.8) is 0 Å². The third-order valence-electron chi connectivity index (χ3n) is 4.04. The normalized spacial score (nSPS) is 17.7. The number of benzene rings is 1. The molecule has 0 saturated heterocycles. The van der Waals surface area contributed by atoms with Crippen molar-refractivity contribution in [3.05, 3.63) is 55.7 Å². The van der Waals surface area contributed by atoms with Gasteiger partial charge in [0, 0.05) is 24.6 Å². The molecule has 0 saturated carbocycles. The molecule has 21 heavy (non-hydrogen) atoms. The molecule has 1 heterocycles. The fourth-order valence-electron chi connectivity index (χ4n) is 2.99. The highest BCUT2D eigenvalue weighted by molar-refractivity contribution is 9.11. The first-order chi connectivity index (χ1) is 10.3. The molecule has 0 spiro atoms. The van der Waals surface area contributed by atoms with Crippen LogP contribution in [0.15, 0.2) is 34.1 Å². The van der Waals surface area contributed by atoms with Gasteiger partial charge in [-0.2, -0.15) is 0 Å². The molecule has 1 aliphatic carbocycles. The number of ether oxygens (including phenoxy) is 1. The topological polar surface area (TPSA) is 21.3 Å². The van der Waals surface area contributed by atoms with E-state index in [-0.39, 0.29) is 0 Å². The van der Waals surface area contributed by atoms with E-state index < -0.39 is 0 Å². The van der Waals surface area contributed by atoms with Crippen LogP contribution in [0.3, 0.4) is 0 Å². The molecule has 2 aromatic rings. The van der Waals surface area contributed by atoms with E-state index in [4.69, 9.17) is 4.74 Å². The molecule has 4 heteroatoms. The first-order valence-corrected chi connectivity index (χ1v) is 8.96. The van der Waals surface area contributed by atoms with Crippen LogP contribution in [0, 0.1) is 0 Å². The number of hydrogen-bond donors (Lipinski definition) is 1. The fourth-order valence-corrected chi connectivity index (χ4v) is 4.81. The smallest absolute Gasteiger partial charge is 0.0716 e. The summed E-state index contributed by atoms with van der Waals surface area (Å²) >= 11 is 5.51. The van der Waals surface area contributed by atoms with Gasteiger partial charge in [0.2, 0.25) is 0 Å². The van der Waals surface area contributed by atoms with Crippen molar-refractivity contribution in [1.29, 1.82) is 0 Å². The summed E-state index contributed by atoms with van der Waals surface area (Å²) in [6.45, 7) is 1.58. The molecule has 1 aliphatic rings. The highest BCUT2D eigenvalue weighted by Crippen LogP contribution is 2.38. The van der Waals surface area contributed by atoms with Crippen molar-refractivity contribution < 1.29 is 4.74 Å². The maximum atomic E-state index is 5.29. The third-order valence-corrected chi connectivity index (χ3v) is 5.75. The second-order valence-corrected chi connectivity index (χ2v) is 7.97. The van der Waals surface area contributed by atoms with Crippen LogP contribution in [0.4, 0.5) is 0 Å². The maximum absolute atomic E-state index is 5.29. The molecule has 0 fully saturated rings. The molecular formula is C17H20BrNOS. The maximum Gasteiger partial charge on any atom is 0.0716 e. The first kappa shape index (κ1) is 15.2.